The molecule has 0 amide bonds. The van der Waals surface area contributed by atoms with Crippen molar-refractivity contribution < 1.29 is 79.9 Å². The zero-order valence-electron chi connectivity index (χ0n) is 17.7. The molecule has 3 heterocycles. The summed E-state index contributed by atoms with van der Waals surface area (Å²) in [4.78, 5) is 0. The van der Waals surface area contributed by atoms with Crippen LogP contribution in [0.3, 0.4) is 0 Å². The lowest BCUT2D eigenvalue weighted by Gasteiger charge is -2.45. The average Bonchev–Trinajstić information content (AvgIpc) is 2.82. The average molecular weight is 504 g/mol. The second kappa shape index (κ2) is 11.6. The van der Waals surface area contributed by atoms with Gasteiger partial charge in [-0.15, -0.1) is 0 Å². The number of hydrogen-bond acceptors (Lipinski definition) is 16. The van der Waals surface area contributed by atoms with Gasteiger partial charge in [-0.25, -0.2) is 0 Å². The second-order valence-electron chi connectivity index (χ2n) is 8.37. The van der Waals surface area contributed by atoms with Crippen LogP contribution in [-0.4, -0.2) is 168 Å². The van der Waals surface area contributed by atoms with E-state index in [1.165, 1.54) is 0 Å². The molecule has 0 spiro atoms. The molecule has 15 atom stereocenters. The smallest absolute Gasteiger partial charge is 0.187 e. The Morgan fingerprint density at radius 1 is 0.500 bits per heavy atom. The second-order valence-corrected chi connectivity index (χ2v) is 8.37. The molecule has 34 heavy (non-hydrogen) atoms. The van der Waals surface area contributed by atoms with Crippen LogP contribution >= 0.6 is 0 Å². The minimum Gasteiger partial charge on any atom is -0.394 e. The van der Waals surface area contributed by atoms with Gasteiger partial charge in [0, 0.05) is 0 Å². The molecule has 11 N–H and O–H groups in total. The Bertz CT molecular complexity index is 639. The Kier molecular flexibility index (Phi) is 9.54. The Labute approximate surface area is 192 Å². The van der Waals surface area contributed by atoms with Crippen molar-refractivity contribution in [1.82, 2.24) is 0 Å². The fourth-order valence-corrected chi connectivity index (χ4v) is 3.94. The van der Waals surface area contributed by atoms with Gasteiger partial charge in [0.05, 0.1) is 19.8 Å². The summed E-state index contributed by atoms with van der Waals surface area (Å²) in [7, 11) is 0. The molecule has 1 unspecified atom stereocenters. The van der Waals surface area contributed by atoms with E-state index >= 15 is 0 Å². The summed E-state index contributed by atoms with van der Waals surface area (Å²) in [6, 6.07) is 0. The third-order valence-electron chi connectivity index (χ3n) is 6.08. The molecule has 0 aliphatic carbocycles. The predicted octanol–water partition coefficient (Wildman–Crippen LogP) is -7.57. The SMILES string of the molecule is OC[C@H]1O[C@H](OC[C@H]2O[C@H](O[C@H]3C(O)O[C@H](CO)[C@@H](O)[C@@H]3O)[C@@H](O)[C@@H](O)[C@@H]2O)[C@H](O)[C@@H](O)[C@@H]1O. The van der Waals surface area contributed by atoms with E-state index in [9.17, 15) is 51.1 Å². The monoisotopic (exact) mass is 504 g/mol. The Hall–Kier alpha value is -0.640. The van der Waals surface area contributed by atoms with Crippen LogP contribution in [0.5, 0.6) is 0 Å². The zero-order valence-corrected chi connectivity index (χ0v) is 17.7. The summed E-state index contributed by atoms with van der Waals surface area (Å²) in [6.45, 7) is -2.03. The molecule has 3 fully saturated rings. The maximum Gasteiger partial charge on any atom is 0.187 e. The van der Waals surface area contributed by atoms with Gasteiger partial charge in [-0.2, -0.15) is 0 Å². The molecule has 0 radical (unpaired) electrons. The van der Waals surface area contributed by atoms with Crippen molar-refractivity contribution >= 4 is 0 Å². The van der Waals surface area contributed by atoms with E-state index in [1.807, 2.05) is 0 Å². The molecule has 0 saturated carbocycles. The zero-order chi connectivity index (χ0) is 25.3. The van der Waals surface area contributed by atoms with Crippen LogP contribution in [0, 0.1) is 0 Å². The van der Waals surface area contributed by atoms with Gasteiger partial charge in [-0.3, -0.25) is 0 Å². The van der Waals surface area contributed by atoms with Crippen molar-refractivity contribution in [3.63, 3.8) is 0 Å². The molecular formula is C18H32O16. The van der Waals surface area contributed by atoms with Crippen LogP contribution < -0.4 is 0 Å². The van der Waals surface area contributed by atoms with E-state index in [0.717, 1.165) is 0 Å². The van der Waals surface area contributed by atoms with Gasteiger partial charge in [0.15, 0.2) is 18.9 Å². The first-order valence-corrected chi connectivity index (χ1v) is 10.6. The van der Waals surface area contributed by atoms with Crippen LogP contribution in [0.15, 0.2) is 0 Å². The van der Waals surface area contributed by atoms with Crippen molar-refractivity contribution in [2.45, 2.75) is 92.1 Å². The highest BCUT2D eigenvalue weighted by molar-refractivity contribution is 4.94. The van der Waals surface area contributed by atoms with Crippen LogP contribution in [0.2, 0.25) is 0 Å². The normalized spacial score (nSPS) is 52.5. The van der Waals surface area contributed by atoms with E-state index in [0.29, 0.717) is 0 Å². The van der Waals surface area contributed by atoms with Gasteiger partial charge in [-0.05, 0) is 0 Å². The Balaban J connectivity index is 1.64. The largest absolute Gasteiger partial charge is 0.394 e. The maximum absolute atomic E-state index is 10.2. The number of ether oxygens (including phenoxy) is 5. The predicted molar refractivity (Wildman–Crippen MR) is 101 cm³/mol. The number of aliphatic hydroxyl groups is 11. The van der Waals surface area contributed by atoms with Crippen molar-refractivity contribution in [1.29, 1.82) is 0 Å². The summed E-state index contributed by atoms with van der Waals surface area (Å²) in [6.07, 6.45) is -25.0. The standard InChI is InChI=1S/C18H32O16/c19-1-4-8(22)12(26)15(16(29)31-4)34-18-14(28)11(25)9(23)6(33-18)3-30-17-13(27)10(24)7(21)5(2-20)32-17/h4-29H,1-3H2/t4-,5-,6-,7-,8-,9-,10+,11+,12+,13-,14+,15-,16?,17+,18-/m1/s1. The summed E-state index contributed by atoms with van der Waals surface area (Å²) in [5.74, 6) is 0. The maximum atomic E-state index is 10.2. The van der Waals surface area contributed by atoms with Gasteiger partial charge in [-0.1, -0.05) is 0 Å². The third kappa shape index (κ3) is 5.52. The first-order chi connectivity index (χ1) is 16.0. The third-order valence-corrected chi connectivity index (χ3v) is 6.08. The molecule has 3 rings (SSSR count). The highest BCUT2D eigenvalue weighted by Crippen LogP contribution is 2.29. The lowest BCUT2D eigenvalue weighted by Crippen LogP contribution is -2.64. The summed E-state index contributed by atoms with van der Waals surface area (Å²) < 4.78 is 26.1. The molecule has 0 aromatic heterocycles. The van der Waals surface area contributed by atoms with Crippen LogP contribution in [0.4, 0.5) is 0 Å². The minimum absolute atomic E-state index is 0.616. The topological polar surface area (TPSA) is 269 Å². The highest BCUT2D eigenvalue weighted by atomic mass is 16.7. The minimum atomic E-state index is -1.88. The molecule has 0 aromatic rings. The van der Waals surface area contributed by atoms with E-state index < -0.39 is 112 Å². The number of rotatable bonds is 7. The summed E-state index contributed by atoms with van der Waals surface area (Å²) >= 11 is 0. The van der Waals surface area contributed by atoms with Crippen molar-refractivity contribution in [3.05, 3.63) is 0 Å². The molecular weight excluding hydrogens is 472 g/mol. The first-order valence-electron chi connectivity index (χ1n) is 10.6. The quantitative estimate of drug-likeness (QED) is 0.154. The molecule has 16 nitrogen and oxygen atoms in total. The number of aliphatic hydroxyl groups excluding tert-OH is 11. The molecule has 0 bridgehead atoms. The van der Waals surface area contributed by atoms with Crippen molar-refractivity contribution in [2.75, 3.05) is 19.8 Å². The summed E-state index contributed by atoms with van der Waals surface area (Å²) in [5.41, 5.74) is 0. The van der Waals surface area contributed by atoms with E-state index in [1.54, 1.807) is 0 Å². The van der Waals surface area contributed by atoms with Gasteiger partial charge >= 0.3 is 0 Å². The number of hydrogen-bond donors (Lipinski definition) is 11. The Morgan fingerprint density at radius 3 is 1.56 bits per heavy atom. The fraction of sp³-hybridized carbons (Fsp3) is 1.00. The summed E-state index contributed by atoms with van der Waals surface area (Å²) in [5, 5.41) is 109. The molecule has 200 valence electrons. The fourth-order valence-electron chi connectivity index (χ4n) is 3.94. The van der Waals surface area contributed by atoms with Gasteiger partial charge < -0.3 is 79.9 Å². The van der Waals surface area contributed by atoms with Crippen LogP contribution in [-0.2, 0) is 23.7 Å². The van der Waals surface area contributed by atoms with Crippen molar-refractivity contribution in [3.8, 4) is 0 Å². The van der Waals surface area contributed by atoms with E-state index in [2.05, 4.69) is 0 Å². The lowest BCUT2D eigenvalue weighted by molar-refractivity contribution is -0.367. The molecule has 16 heteroatoms. The van der Waals surface area contributed by atoms with Gasteiger partial charge in [0.1, 0.15) is 73.2 Å². The molecule has 3 aliphatic heterocycles. The molecule has 3 aliphatic rings. The first kappa shape index (κ1) is 27.9. The highest BCUT2D eigenvalue weighted by Gasteiger charge is 2.51. The Morgan fingerprint density at radius 2 is 0.971 bits per heavy atom. The van der Waals surface area contributed by atoms with Crippen LogP contribution in [0.25, 0.3) is 0 Å². The van der Waals surface area contributed by atoms with Gasteiger partial charge in [0.25, 0.3) is 0 Å². The molecule has 0 aromatic carbocycles. The van der Waals surface area contributed by atoms with Crippen molar-refractivity contribution in [2.24, 2.45) is 0 Å². The van der Waals surface area contributed by atoms with Crippen LogP contribution in [0.1, 0.15) is 0 Å². The van der Waals surface area contributed by atoms with Gasteiger partial charge in [0.2, 0.25) is 0 Å². The van der Waals surface area contributed by atoms with E-state index in [-0.39, 0.29) is 0 Å². The molecule has 3 saturated heterocycles. The lowest BCUT2D eigenvalue weighted by atomic mass is 9.97. The van der Waals surface area contributed by atoms with E-state index in [4.69, 9.17) is 28.8 Å².